The van der Waals surface area contributed by atoms with Gasteiger partial charge in [-0.2, -0.15) is 0 Å². The van der Waals surface area contributed by atoms with Crippen molar-refractivity contribution in [3.05, 3.63) is 0 Å². The molecule has 0 saturated carbocycles. The summed E-state index contributed by atoms with van der Waals surface area (Å²) < 4.78 is 3.64. The van der Waals surface area contributed by atoms with E-state index in [2.05, 4.69) is 11.3 Å². The zero-order chi connectivity index (χ0) is 8.36. The predicted octanol–water partition coefficient (Wildman–Crippen LogP) is 3.36. The first-order valence-corrected chi connectivity index (χ1v) is 5.24. The Morgan fingerprint density at radius 1 is 1.09 bits per heavy atom. The van der Waals surface area contributed by atoms with Crippen molar-refractivity contribution >= 4 is 12.0 Å². The molecule has 0 aliphatic heterocycles. The minimum absolute atomic E-state index is 0.843. The Bertz CT molecular complexity index is 61.1. The molecule has 0 N–H and O–H groups in total. The Morgan fingerprint density at radius 2 is 1.73 bits per heavy atom. The van der Waals surface area contributed by atoms with E-state index in [9.17, 15) is 5.26 Å². The second-order valence-electron chi connectivity index (χ2n) is 2.66. The molecule has 0 spiro atoms. The third-order valence-electron chi connectivity index (χ3n) is 1.63. The maximum absolute atomic E-state index is 9.53. The molecule has 2 nitrogen and oxygen atoms in total. The van der Waals surface area contributed by atoms with Crippen LogP contribution in [0.2, 0.25) is 0 Å². The van der Waals surface area contributed by atoms with E-state index in [1.165, 1.54) is 32.1 Å². The van der Waals surface area contributed by atoms with Crippen LogP contribution in [0, 0.1) is 0 Å². The van der Waals surface area contributed by atoms with E-state index in [1.807, 2.05) is 0 Å². The van der Waals surface area contributed by atoms with Gasteiger partial charge in [-0.25, -0.2) is 0 Å². The Kier molecular flexibility index (Phi) is 10.5. The van der Waals surface area contributed by atoms with Gasteiger partial charge in [0.2, 0.25) is 0 Å². The molecule has 0 fully saturated rings. The van der Waals surface area contributed by atoms with Crippen LogP contribution >= 0.6 is 12.0 Å². The first-order valence-electron chi connectivity index (χ1n) is 4.33. The topological polar surface area (TPSA) is 29.1 Å². The summed E-state index contributed by atoms with van der Waals surface area (Å²) in [4.78, 5) is 0. The van der Waals surface area contributed by atoms with Gasteiger partial charge in [0, 0.05) is 17.8 Å². The van der Waals surface area contributed by atoms with Crippen molar-refractivity contribution in [2.24, 2.45) is 0 Å². The highest BCUT2D eigenvalue weighted by atomic mass is 32.2. The molecule has 0 aliphatic rings. The second-order valence-corrected chi connectivity index (χ2v) is 3.44. The molecule has 0 rings (SSSR count). The van der Waals surface area contributed by atoms with E-state index < -0.39 is 0 Å². The summed E-state index contributed by atoms with van der Waals surface area (Å²) in [5.74, 6) is 0.843. The molecule has 67 valence electrons. The van der Waals surface area contributed by atoms with Gasteiger partial charge in [0.25, 0.3) is 0 Å². The van der Waals surface area contributed by atoms with Gasteiger partial charge in [-0.3, -0.25) is 0 Å². The lowest BCUT2D eigenvalue weighted by atomic mass is 10.1. The largest absolute Gasteiger partial charge is 0.130 e. The first-order chi connectivity index (χ1) is 5.41. The third-order valence-corrected chi connectivity index (χ3v) is 2.18. The molecule has 0 atom stereocenters. The monoisotopic (exact) mass is 177 g/mol. The summed E-state index contributed by atoms with van der Waals surface area (Å²) in [6.07, 6.45) is 7.60. The Balaban J connectivity index is 2.69. The lowest BCUT2D eigenvalue weighted by Crippen LogP contribution is -1.81. The number of hydrogen-bond donors (Lipinski definition) is 0. The van der Waals surface area contributed by atoms with Crippen LogP contribution < -0.4 is 0 Å². The van der Waals surface area contributed by atoms with E-state index in [1.54, 1.807) is 0 Å². The number of rotatable bonds is 8. The lowest BCUT2D eigenvalue weighted by Gasteiger charge is -1.97. The maximum Gasteiger partial charge on any atom is 0.0347 e. The van der Waals surface area contributed by atoms with Crippen molar-refractivity contribution in [2.45, 2.75) is 45.4 Å². The van der Waals surface area contributed by atoms with Crippen LogP contribution in [0.1, 0.15) is 45.4 Å². The van der Waals surface area contributed by atoms with Gasteiger partial charge in [0.05, 0.1) is 0 Å². The molecular weight excluding hydrogens is 160 g/mol. The van der Waals surface area contributed by atoms with Gasteiger partial charge in [-0.1, -0.05) is 39.0 Å². The average molecular weight is 177 g/mol. The highest BCUT2D eigenvalue weighted by Gasteiger charge is 1.90. The van der Waals surface area contributed by atoms with Gasteiger partial charge < -0.3 is 0 Å². The smallest absolute Gasteiger partial charge is 0.0347 e. The minimum Gasteiger partial charge on any atom is -0.130 e. The number of hydrogen-bond acceptors (Lipinski definition) is 2. The second kappa shape index (κ2) is 10.3. The highest BCUT2D eigenvalue weighted by molar-refractivity contribution is 7.94. The van der Waals surface area contributed by atoms with E-state index in [4.69, 9.17) is 0 Å². The summed E-state index contributed by atoms with van der Waals surface area (Å²) in [6.45, 7) is 2.21. The fourth-order valence-electron chi connectivity index (χ4n) is 0.975. The maximum atomic E-state index is 9.53. The van der Waals surface area contributed by atoms with Crippen LogP contribution in [0.5, 0.6) is 0 Å². The van der Waals surface area contributed by atoms with Crippen molar-refractivity contribution in [1.82, 2.24) is 0 Å². The molecule has 0 unspecified atom stereocenters. The minimum atomic E-state index is 0.843. The van der Waals surface area contributed by atoms with Crippen molar-refractivity contribution < 1.29 is 9.59 Å². The van der Waals surface area contributed by atoms with Gasteiger partial charge in [-0.15, -0.1) is 4.33 Å². The summed E-state index contributed by atoms with van der Waals surface area (Å²) in [7, 11) is 0. The van der Waals surface area contributed by atoms with Crippen molar-refractivity contribution in [3.8, 4) is 0 Å². The van der Waals surface area contributed by atoms with Crippen LogP contribution in [-0.4, -0.2) is 5.75 Å². The van der Waals surface area contributed by atoms with E-state index in [0.717, 1.165) is 24.2 Å². The predicted molar refractivity (Wildman–Crippen MR) is 47.6 cm³/mol. The van der Waals surface area contributed by atoms with E-state index in [0.29, 0.717) is 0 Å². The molecule has 0 saturated heterocycles. The zero-order valence-electron chi connectivity index (χ0n) is 7.17. The highest BCUT2D eigenvalue weighted by Crippen LogP contribution is 2.09. The first kappa shape index (κ1) is 11.3. The zero-order valence-corrected chi connectivity index (χ0v) is 7.99. The van der Waals surface area contributed by atoms with Gasteiger partial charge in [-0.05, 0) is 11.7 Å². The average Bonchev–Trinajstić information content (AvgIpc) is 2.03. The quantitative estimate of drug-likeness (QED) is 0.246. The van der Waals surface area contributed by atoms with Crippen molar-refractivity contribution in [1.29, 1.82) is 0 Å². The molecule has 0 heterocycles. The van der Waals surface area contributed by atoms with E-state index in [-0.39, 0.29) is 0 Å². The number of unbranched alkanes of at least 4 members (excludes halogenated alkanes) is 5. The summed E-state index contributed by atoms with van der Waals surface area (Å²) >= 11 is 1.02. The lowest BCUT2D eigenvalue weighted by molar-refractivity contribution is -0.190. The molecule has 0 aromatic heterocycles. The van der Waals surface area contributed by atoms with Gasteiger partial charge in [0.1, 0.15) is 0 Å². The fourth-order valence-corrected chi connectivity index (χ4v) is 1.37. The van der Waals surface area contributed by atoms with Crippen molar-refractivity contribution in [2.75, 3.05) is 5.75 Å². The Hall–Kier alpha value is 0.270. The Morgan fingerprint density at radius 3 is 2.36 bits per heavy atom. The van der Waals surface area contributed by atoms with Crippen molar-refractivity contribution in [3.63, 3.8) is 0 Å². The molecule has 0 amide bonds. The molecular formula is C8H17O2S. The van der Waals surface area contributed by atoms with E-state index >= 15 is 0 Å². The van der Waals surface area contributed by atoms with Crippen LogP contribution in [-0.2, 0) is 9.59 Å². The molecule has 0 aromatic carbocycles. The fraction of sp³-hybridized carbons (Fsp3) is 1.00. The summed E-state index contributed by atoms with van der Waals surface area (Å²) in [6, 6.07) is 0. The molecule has 0 bridgehead atoms. The molecule has 0 aromatic rings. The molecule has 3 heteroatoms. The van der Waals surface area contributed by atoms with Gasteiger partial charge in [0.15, 0.2) is 0 Å². The third kappa shape index (κ3) is 10.3. The van der Waals surface area contributed by atoms with Gasteiger partial charge >= 0.3 is 0 Å². The standard InChI is InChI=1S/C8H17O2S/c1-2-3-4-5-6-7-8-11-10-9/h2-8H2,1H3. The summed E-state index contributed by atoms with van der Waals surface area (Å²) in [5, 5.41) is 9.53. The SMILES string of the molecule is CCCCCCCCSO[O]. The van der Waals surface area contributed by atoms with Crippen LogP contribution in [0.3, 0.4) is 0 Å². The van der Waals surface area contributed by atoms with Crippen LogP contribution in [0.15, 0.2) is 0 Å². The molecule has 0 aliphatic carbocycles. The molecule has 1 radical (unpaired) electrons. The molecule has 11 heavy (non-hydrogen) atoms. The van der Waals surface area contributed by atoms with Crippen LogP contribution in [0.25, 0.3) is 0 Å². The normalized spacial score (nSPS) is 10.4. The Labute approximate surface area is 73.5 Å². The van der Waals surface area contributed by atoms with Crippen LogP contribution in [0.4, 0.5) is 0 Å². The summed E-state index contributed by atoms with van der Waals surface area (Å²) in [5.41, 5.74) is 0.